The maximum absolute atomic E-state index is 14.6. The van der Waals surface area contributed by atoms with E-state index in [2.05, 4.69) is 0 Å². The number of likely N-dealkylation sites (tertiary alicyclic amines) is 1. The van der Waals surface area contributed by atoms with Crippen LogP contribution in [0.5, 0.6) is 5.75 Å². The van der Waals surface area contributed by atoms with Crippen molar-refractivity contribution in [3.63, 3.8) is 0 Å². The molecule has 1 amide bonds. The molecule has 0 aromatic heterocycles. The average Bonchev–Trinajstić information content (AvgIpc) is 3.05. The number of carboxylic acids is 1. The number of carboxylic acid groups (broad SMARTS) is 1. The van der Waals surface area contributed by atoms with Crippen LogP contribution in [0.25, 0.3) is 11.1 Å². The van der Waals surface area contributed by atoms with Gasteiger partial charge in [0.05, 0.1) is 18.1 Å². The maximum Gasteiger partial charge on any atom is 0.311 e. The van der Waals surface area contributed by atoms with Crippen molar-refractivity contribution in [2.24, 2.45) is 5.41 Å². The number of ether oxygens (including phenoxy) is 1. The van der Waals surface area contributed by atoms with Crippen LogP contribution in [0, 0.1) is 17.0 Å². The monoisotopic (exact) mass is 375 g/mol. The van der Waals surface area contributed by atoms with Gasteiger partial charge < -0.3 is 14.7 Å². The molecule has 3 rings (SSSR count). The van der Waals surface area contributed by atoms with Gasteiger partial charge in [0.15, 0.2) is 0 Å². The van der Waals surface area contributed by atoms with E-state index in [-0.39, 0.29) is 24.2 Å². The Bertz CT molecular complexity index is 915. The van der Waals surface area contributed by atoms with Gasteiger partial charge in [0.1, 0.15) is 17.4 Å². The normalized spacial score (nSPS) is 19.2. The molecule has 7 heteroatoms. The second-order valence-corrected chi connectivity index (χ2v) is 6.88. The second-order valence-electron chi connectivity index (χ2n) is 6.88. The fraction of sp³-hybridized carbons (Fsp3) is 0.300. The van der Waals surface area contributed by atoms with Crippen molar-refractivity contribution in [1.29, 1.82) is 0 Å². The van der Waals surface area contributed by atoms with Crippen molar-refractivity contribution >= 4 is 11.9 Å². The van der Waals surface area contributed by atoms with Crippen LogP contribution < -0.4 is 4.74 Å². The van der Waals surface area contributed by atoms with Crippen LogP contribution in [-0.4, -0.2) is 42.1 Å². The Balaban J connectivity index is 1.85. The van der Waals surface area contributed by atoms with Gasteiger partial charge in [-0.2, -0.15) is 0 Å². The summed E-state index contributed by atoms with van der Waals surface area (Å²) in [4.78, 5) is 25.2. The third-order valence-electron chi connectivity index (χ3n) is 4.96. The van der Waals surface area contributed by atoms with E-state index in [1.54, 1.807) is 13.0 Å². The molecule has 27 heavy (non-hydrogen) atoms. The minimum absolute atomic E-state index is 0.0233. The number of methoxy groups -OCH3 is 1. The van der Waals surface area contributed by atoms with Crippen LogP contribution in [0.3, 0.4) is 0 Å². The molecular weight excluding hydrogens is 356 g/mol. The Morgan fingerprint density at radius 2 is 1.89 bits per heavy atom. The van der Waals surface area contributed by atoms with Gasteiger partial charge in [0.2, 0.25) is 0 Å². The lowest BCUT2D eigenvalue weighted by Gasteiger charge is -2.20. The molecule has 0 spiro atoms. The molecule has 142 valence electrons. The molecule has 2 aromatic carbocycles. The molecule has 1 heterocycles. The van der Waals surface area contributed by atoms with Crippen LogP contribution in [0.4, 0.5) is 8.78 Å². The zero-order valence-corrected chi connectivity index (χ0v) is 15.0. The first-order chi connectivity index (χ1) is 12.7. The summed E-state index contributed by atoms with van der Waals surface area (Å²) < 4.78 is 33.7. The third-order valence-corrected chi connectivity index (χ3v) is 4.96. The second kappa shape index (κ2) is 6.98. The molecule has 0 bridgehead atoms. The number of carbonyl (C=O) groups excluding carboxylic acids is 1. The lowest BCUT2D eigenvalue weighted by molar-refractivity contribution is -0.147. The summed E-state index contributed by atoms with van der Waals surface area (Å²) in [5.74, 6) is -2.55. The third kappa shape index (κ3) is 3.49. The molecule has 2 aromatic rings. The summed E-state index contributed by atoms with van der Waals surface area (Å²) in [6.45, 7) is 1.83. The number of halogens is 2. The van der Waals surface area contributed by atoms with E-state index in [4.69, 9.17) is 4.74 Å². The largest absolute Gasteiger partial charge is 0.497 e. The smallest absolute Gasteiger partial charge is 0.311 e. The molecule has 1 aliphatic rings. The van der Waals surface area contributed by atoms with Gasteiger partial charge >= 0.3 is 5.97 Å². The number of amides is 1. The van der Waals surface area contributed by atoms with Gasteiger partial charge in [0.25, 0.3) is 5.91 Å². The number of hydrogen-bond acceptors (Lipinski definition) is 3. The van der Waals surface area contributed by atoms with Crippen LogP contribution in [0.1, 0.15) is 23.7 Å². The molecule has 0 aliphatic carbocycles. The van der Waals surface area contributed by atoms with Crippen molar-refractivity contribution in [3.05, 3.63) is 53.6 Å². The summed E-state index contributed by atoms with van der Waals surface area (Å²) >= 11 is 0. The van der Waals surface area contributed by atoms with E-state index in [1.165, 1.54) is 36.3 Å². The van der Waals surface area contributed by atoms with E-state index in [1.807, 2.05) is 0 Å². The van der Waals surface area contributed by atoms with Crippen LogP contribution in [0.15, 0.2) is 36.4 Å². The van der Waals surface area contributed by atoms with Crippen LogP contribution in [-0.2, 0) is 4.79 Å². The Kier molecular flexibility index (Phi) is 4.87. The van der Waals surface area contributed by atoms with Gasteiger partial charge in [-0.1, -0.05) is 6.07 Å². The molecule has 1 fully saturated rings. The quantitative estimate of drug-likeness (QED) is 0.887. The van der Waals surface area contributed by atoms with Gasteiger partial charge in [-0.25, -0.2) is 8.78 Å². The molecule has 1 saturated heterocycles. The molecule has 1 atom stereocenters. The number of hydrogen-bond donors (Lipinski definition) is 1. The van der Waals surface area contributed by atoms with Crippen molar-refractivity contribution in [2.75, 3.05) is 20.2 Å². The highest BCUT2D eigenvalue weighted by Gasteiger charge is 2.42. The van der Waals surface area contributed by atoms with E-state index in [0.717, 1.165) is 6.07 Å². The summed E-state index contributed by atoms with van der Waals surface area (Å²) in [6.07, 6.45) is 0.310. The number of carbonyl (C=O) groups is 2. The van der Waals surface area contributed by atoms with Crippen LogP contribution in [0.2, 0.25) is 0 Å². The minimum Gasteiger partial charge on any atom is -0.497 e. The fourth-order valence-electron chi connectivity index (χ4n) is 3.19. The molecule has 1 unspecified atom stereocenters. The SMILES string of the molecule is COc1ccc(-c2ccc(C(=O)N3CCC(C)(C(=O)O)C3)c(F)c2)c(F)c1. The Morgan fingerprint density at radius 1 is 1.15 bits per heavy atom. The average molecular weight is 375 g/mol. The Labute approximate surface area is 155 Å². The highest BCUT2D eigenvalue weighted by Crippen LogP contribution is 2.32. The summed E-state index contributed by atoms with van der Waals surface area (Å²) in [5, 5.41) is 9.27. The lowest BCUT2D eigenvalue weighted by atomic mass is 9.90. The van der Waals surface area contributed by atoms with E-state index in [9.17, 15) is 23.5 Å². The number of aliphatic carboxylic acids is 1. The fourth-order valence-corrected chi connectivity index (χ4v) is 3.19. The van der Waals surface area contributed by atoms with E-state index in [0.29, 0.717) is 17.7 Å². The predicted octanol–water partition coefficient (Wildman–Crippen LogP) is 3.58. The maximum atomic E-state index is 14.6. The van der Waals surface area contributed by atoms with Crippen molar-refractivity contribution in [1.82, 2.24) is 4.90 Å². The first-order valence-electron chi connectivity index (χ1n) is 8.41. The summed E-state index contributed by atoms with van der Waals surface area (Å²) in [6, 6.07) is 8.10. The van der Waals surface area contributed by atoms with Crippen molar-refractivity contribution in [2.45, 2.75) is 13.3 Å². The Hall–Kier alpha value is -2.96. The lowest BCUT2D eigenvalue weighted by Crippen LogP contribution is -2.35. The first kappa shape index (κ1) is 18.8. The molecule has 0 saturated carbocycles. The number of nitrogens with zero attached hydrogens (tertiary/aromatic N) is 1. The summed E-state index contributed by atoms with van der Waals surface area (Å²) in [5.41, 5.74) is -0.713. The molecule has 1 aliphatic heterocycles. The summed E-state index contributed by atoms with van der Waals surface area (Å²) in [7, 11) is 1.42. The Morgan fingerprint density at radius 3 is 2.44 bits per heavy atom. The van der Waals surface area contributed by atoms with Gasteiger partial charge in [0, 0.05) is 24.7 Å². The highest BCUT2D eigenvalue weighted by atomic mass is 19.1. The number of benzene rings is 2. The molecular formula is C20H19F2NO4. The van der Waals surface area contributed by atoms with Gasteiger partial charge in [-0.15, -0.1) is 0 Å². The zero-order chi connectivity index (χ0) is 19.8. The van der Waals surface area contributed by atoms with Crippen LogP contribution >= 0.6 is 0 Å². The van der Waals surface area contributed by atoms with Gasteiger partial charge in [-0.05, 0) is 43.2 Å². The van der Waals surface area contributed by atoms with E-state index < -0.39 is 28.9 Å². The van der Waals surface area contributed by atoms with Crippen molar-refractivity contribution < 1.29 is 28.2 Å². The number of rotatable bonds is 4. The minimum atomic E-state index is -1.03. The predicted molar refractivity (Wildman–Crippen MR) is 94.6 cm³/mol. The highest BCUT2D eigenvalue weighted by molar-refractivity contribution is 5.95. The topological polar surface area (TPSA) is 66.8 Å². The zero-order valence-electron chi connectivity index (χ0n) is 15.0. The van der Waals surface area contributed by atoms with Crippen molar-refractivity contribution in [3.8, 4) is 16.9 Å². The molecule has 0 radical (unpaired) electrons. The molecule has 5 nitrogen and oxygen atoms in total. The van der Waals surface area contributed by atoms with Gasteiger partial charge in [-0.3, -0.25) is 9.59 Å². The first-order valence-corrected chi connectivity index (χ1v) is 8.41. The molecule has 1 N–H and O–H groups in total. The van der Waals surface area contributed by atoms with E-state index >= 15 is 0 Å². The standard InChI is InChI=1S/C20H19F2NO4/c1-20(19(25)26)7-8-23(11-20)18(24)15-5-3-12(9-16(15)21)14-6-4-13(27-2)10-17(14)22/h3-6,9-10H,7-8,11H2,1-2H3,(H,25,26).